The molecule has 0 aliphatic heterocycles. The summed E-state index contributed by atoms with van der Waals surface area (Å²) in [5, 5.41) is 23.7. The maximum Gasteiger partial charge on any atom is 0.303 e. The van der Waals surface area contributed by atoms with Gasteiger partial charge in [0.25, 0.3) is 0 Å². The SMILES string of the molecule is O=C(O)CCC(=O)NCCNCC(O)COc1ccccc1. The van der Waals surface area contributed by atoms with E-state index in [0.29, 0.717) is 25.4 Å². The summed E-state index contributed by atoms with van der Waals surface area (Å²) in [4.78, 5) is 21.5. The molecule has 0 heterocycles. The molecule has 1 unspecified atom stereocenters. The Morgan fingerprint density at radius 3 is 2.55 bits per heavy atom. The molecule has 0 saturated heterocycles. The van der Waals surface area contributed by atoms with Crippen LogP contribution in [0.5, 0.6) is 5.75 Å². The Bertz CT molecular complexity index is 453. The first-order chi connectivity index (χ1) is 10.6. The van der Waals surface area contributed by atoms with Gasteiger partial charge in [-0.2, -0.15) is 0 Å². The summed E-state index contributed by atoms with van der Waals surface area (Å²) in [5.74, 6) is -0.584. The standard InChI is InChI=1S/C15H22N2O5/c18-12(11-22-13-4-2-1-3-5-13)10-16-8-9-17-14(19)6-7-15(20)21/h1-5,12,16,18H,6-11H2,(H,17,19)(H,20,21). The minimum Gasteiger partial charge on any atom is -0.491 e. The lowest BCUT2D eigenvalue weighted by atomic mass is 10.3. The highest BCUT2D eigenvalue weighted by molar-refractivity contribution is 5.80. The maximum absolute atomic E-state index is 11.2. The summed E-state index contributed by atoms with van der Waals surface area (Å²) < 4.78 is 5.40. The minimum atomic E-state index is -0.991. The summed E-state index contributed by atoms with van der Waals surface area (Å²) >= 11 is 0. The molecule has 122 valence electrons. The van der Waals surface area contributed by atoms with Gasteiger partial charge in [0.15, 0.2) is 0 Å². The predicted octanol–water partition coefficient (Wildman–Crippen LogP) is -0.00310. The van der Waals surface area contributed by atoms with Crippen LogP contribution >= 0.6 is 0 Å². The number of carboxylic acids is 1. The Kier molecular flexibility index (Phi) is 8.63. The molecule has 4 N–H and O–H groups in total. The van der Waals surface area contributed by atoms with Gasteiger partial charge in [0, 0.05) is 26.1 Å². The molecule has 0 aromatic heterocycles. The molecular weight excluding hydrogens is 288 g/mol. The van der Waals surface area contributed by atoms with E-state index in [1.807, 2.05) is 30.3 Å². The van der Waals surface area contributed by atoms with Gasteiger partial charge in [0.05, 0.1) is 6.42 Å². The highest BCUT2D eigenvalue weighted by atomic mass is 16.5. The van der Waals surface area contributed by atoms with Crippen molar-refractivity contribution in [1.29, 1.82) is 0 Å². The molecule has 1 rings (SSSR count). The number of para-hydroxylation sites is 1. The van der Waals surface area contributed by atoms with E-state index < -0.39 is 12.1 Å². The van der Waals surface area contributed by atoms with E-state index in [4.69, 9.17) is 9.84 Å². The van der Waals surface area contributed by atoms with Crippen molar-refractivity contribution < 1.29 is 24.5 Å². The molecule has 0 aliphatic rings. The van der Waals surface area contributed by atoms with E-state index in [9.17, 15) is 14.7 Å². The van der Waals surface area contributed by atoms with E-state index in [-0.39, 0.29) is 25.4 Å². The van der Waals surface area contributed by atoms with Gasteiger partial charge in [-0.25, -0.2) is 0 Å². The number of carbonyl (C=O) groups excluding carboxylic acids is 1. The number of hydrogen-bond donors (Lipinski definition) is 4. The molecule has 1 amide bonds. The predicted molar refractivity (Wildman–Crippen MR) is 80.7 cm³/mol. The Labute approximate surface area is 129 Å². The summed E-state index contributed by atoms with van der Waals surface area (Å²) in [6.45, 7) is 1.39. The number of ether oxygens (including phenoxy) is 1. The van der Waals surface area contributed by atoms with Gasteiger partial charge in [-0.15, -0.1) is 0 Å². The van der Waals surface area contributed by atoms with Crippen LogP contribution in [0.4, 0.5) is 0 Å². The van der Waals surface area contributed by atoms with Gasteiger partial charge in [-0.05, 0) is 12.1 Å². The fourth-order valence-corrected chi connectivity index (χ4v) is 1.64. The number of aliphatic hydroxyl groups is 1. The average Bonchev–Trinajstić information content (AvgIpc) is 2.51. The van der Waals surface area contributed by atoms with Gasteiger partial charge in [-0.3, -0.25) is 9.59 Å². The van der Waals surface area contributed by atoms with E-state index in [0.717, 1.165) is 0 Å². The van der Waals surface area contributed by atoms with Crippen molar-refractivity contribution in [3.8, 4) is 5.75 Å². The lowest BCUT2D eigenvalue weighted by molar-refractivity contribution is -0.138. The second-order valence-electron chi connectivity index (χ2n) is 4.73. The molecule has 7 heteroatoms. The highest BCUT2D eigenvalue weighted by Gasteiger charge is 2.06. The van der Waals surface area contributed by atoms with Crippen LogP contribution < -0.4 is 15.4 Å². The number of nitrogens with one attached hydrogen (secondary N) is 2. The molecule has 1 atom stereocenters. The van der Waals surface area contributed by atoms with Gasteiger partial charge in [0.2, 0.25) is 5.91 Å². The smallest absolute Gasteiger partial charge is 0.303 e. The summed E-state index contributed by atoms with van der Waals surface area (Å²) in [6, 6.07) is 9.22. The second kappa shape index (κ2) is 10.6. The molecule has 0 aliphatic carbocycles. The summed E-state index contributed by atoms with van der Waals surface area (Å²) in [6.07, 6.45) is -0.847. The Morgan fingerprint density at radius 1 is 1.14 bits per heavy atom. The number of carboxylic acid groups (broad SMARTS) is 1. The topological polar surface area (TPSA) is 108 Å². The second-order valence-corrected chi connectivity index (χ2v) is 4.73. The molecular formula is C15H22N2O5. The van der Waals surface area contributed by atoms with Gasteiger partial charge in [-0.1, -0.05) is 18.2 Å². The third-order valence-electron chi connectivity index (χ3n) is 2.76. The number of benzene rings is 1. The Morgan fingerprint density at radius 2 is 1.86 bits per heavy atom. The van der Waals surface area contributed by atoms with Crippen LogP contribution in [-0.4, -0.2) is 54.4 Å². The number of carbonyl (C=O) groups is 2. The van der Waals surface area contributed by atoms with E-state index >= 15 is 0 Å². The van der Waals surface area contributed by atoms with Crippen molar-refractivity contribution in [3.05, 3.63) is 30.3 Å². The first kappa shape index (κ1) is 17.9. The van der Waals surface area contributed by atoms with Crippen LogP contribution in [0.1, 0.15) is 12.8 Å². The van der Waals surface area contributed by atoms with Crippen molar-refractivity contribution >= 4 is 11.9 Å². The van der Waals surface area contributed by atoms with Gasteiger partial charge >= 0.3 is 5.97 Å². The molecule has 0 bridgehead atoms. The van der Waals surface area contributed by atoms with Crippen LogP contribution in [0.2, 0.25) is 0 Å². The largest absolute Gasteiger partial charge is 0.491 e. The molecule has 0 spiro atoms. The van der Waals surface area contributed by atoms with Crippen molar-refractivity contribution in [2.45, 2.75) is 18.9 Å². The summed E-state index contributed by atoms with van der Waals surface area (Å²) in [5.41, 5.74) is 0. The molecule has 1 aromatic rings. The zero-order valence-corrected chi connectivity index (χ0v) is 12.3. The van der Waals surface area contributed by atoms with E-state index in [1.165, 1.54) is 0 Å². The molecule has 0 saturated carbocycles. The van der Waals surface area contributed by atoms with Crippen LogP contribution in [0.3, 0.4) is 0 Å². The van der Waals surface area contributed by atoms with Gasteiger partial charge < -0.3 is 25.6 Å². The molecule has 0 radical (unpaired) electrons. The van der Waals surface area contributed by atoms with Crippen LogP contribution in [-0.2, 0) is 9.59 Å². The van der Waals surface area contributed by atoms with Crippen LogP contribution in [0.25, 0.3) is 0 Å². The third kappa shape index (κ3) is 8.93. The fraction of sp³-hybridized carbons (Fsp3) is 0.467. The first-order valence-corrected chi connectivity index (χ1v) is 7.13. The molecule has 7 nitrogen and oxygen atoms in total. The molecule has 22 heavy (non-hydrogen) atoms. The number of aliphatic hydroxyl groups excluding tert-OH is 1. The quantitative estimate of drug-likeness (QED) is 0.428. The monoisotopic (exact) mass is 310 g/mol. The van der Waals surface area contributed by atoms with Crippen LogP contribution in [0.15, 0.2) is 30.3 Å². The van der Waals surface area contributed by atoms with Crippen molar-refractivity contribution in [2.24, 2.45) is 0 Å². The lowest BCUT2D eigenvalue weighted by Crippen LogP contribution is -2.37. The van der Waals surface area contributed by atoms with Crippen molar-refractivity contribution in [3.63, 3.8) is 0 Å². The Balaban J connectivity index is 1.99. The number of rotatable bonds is 11. The summed E-state index contributed by atoms with van der Waals surface area (Å²) in [7, 11) is 0. The number of amides is 1. The fourth-order valence-electron chi connectivity index (χ4n) is 1.64. The van der Waals surface area contributed by atoms with Crippen LogP contribution in [0, 0.1) is 0 Å². The number of aliphatic carboxylic acids is 1. The molecule has 1 aromatic carbocycles. The number of hydrogen-bond acceptors (Lipinski definition) is 5. The van der Waals surface area contributed by atoms with Crippen molar-refractivity contribution in [2.75, 3.05) is 26.2 Å². The first-order valence-electron chi connectivity index (χ1n) is 7.13. The zero-order valence-electron chi connectivity index (χ0n) is 12.3. The van der Waals surface area contributed by atoms with E-state index in [1.54, 1.807) is 0 Å². The van der Waals surface area contributed by atoms with E-state index in [2.05, 4.69) is 10.6 Å². The normalized spacial score (nSPS) is 11.7. The third-order valence-corrected chi connectivity index (χ3v) is 2.76. The molecule has 0 fully saturated rings. The average molecular weight is 310 g/mol. The van der Waals surface area contributed by atoms with Gasteiger partial charge in [0.1, 0.15) is 18.5 Å². The minimum absolute atomic E-state index is 0.0249. The van der Waals surface area contributed by atoms with Crippen molar-refractivity contribution in [1.82, 2.24) is 10.6 Å². The lowest BCUT2D eigenvalue weighted by Gasteiger charge is -2.13. The Hall–Kier alpha value is -2.12. The maximum atomic E-state index is 11.2. The highest BCUT2D eigenvalue weighted by Crippen LogP contribution is 2.08. The zero-order chi connectivity index (χ0) is 16.2.